The molecule has 0 aromatic heterocycles. The summed E-state index contributed by atoms with van der Waals surface area (Å²) in [5, 5.41) is 8.97. The van der Waals surface area contributed by atoms with Crippen LogP contribution in [0.3, 0.4) is 0 Å². The monoisotopic (exact) mass is 264 g/mol. The van der Waals surface area contributed by atoms with E-state index in [1.807, 2.05) is 6.92 Å². The standard InChI is InChI=1S/C14H10ClFO2/c1-8-2-5-13(16)11(6-8)9-3-4-10(14(17)18)12(15)7-9/h2-7H,1H3,(H,17,18). The number of benzene rings is 2. The normalized spacial score (nSPS) is 10.4. The Morgan fingerprint density at radius 1 is 1.22 bits per heavy atom. The van der Waals surface area contributed by atoms with Crippen LogP contribution in [-0.2, 0) is 0 Å². The van der Waals surface area contributed by atoms with Crippen LogP contribution in [0.4, 0.5) is 4.39 Å². The van der Waals surface area contributed by atoms with Gasteiger partial charge in [-0.15, -0.1) is 0 Å². The van der Waals surface area contributed by atoms with Gasteiger partial charge in [-0.25, -0.2) is 9.18 Å². The molecule has 0 heterocycles. The fourth-order valence-corrected chi connectivity index (χ4v) is 1.98. The van der Waals surface area contributed by atoms with Crippen LogP contribution in [0.2, 0.25) is 5.02 Å². The van der Waals surface area contributed by atoms with Crippen LogP contribution in [0.5, 0.6) is 0 Å². The summed E-state index contributed by atoms with van der Waals surface area (Å²) in [6.45, 7) is 1.86. The van der Waals surface area contributed by atoms with Crippen molar-refractivity contribution < 1.29 is 14.3 Å². The summed E-state index contributed by atoms with van der Waals surface area (Å²) < 4.78 is 13.7. The number of rotatable bonds is 2. The highest BCUT2D eigenvalue weighted by molar-refractivity contribution is 6.33. The number of aryl methyl sites for hydroxylation is 1. The third-order valence-corrected chi connectivity index (χ3v) is 2.95. The average molecular weight is 265 g/mol. The molecule has 0 aliphatic rings. The van der Waals surface area contributed by atoms with Crippen LogP contribution in [0.1, 0.15) is 15.9 Å². The minimum Gasteiger partial charge on any atom is -0.478 e. The van der Waals surface area contributed by atoms with Crippen molar-refractivity contribution in [2.45, 2.75) is 6.92 Å². The van der Waals surface area contributed by atoms with Crippen LogP contribution >= 0.6 is 11.6 Å². The van der Waals surface area contributed by atoms with E-state index in [-0.39, 0.29) is 16.4 Å². The van der Waals surface area contributed by atoms with E-state index in [0.717, 1.165) is 5.56 Å². The van der Waals surface area contributed by atoms with Gasteiger partial charge in [0.05, 0.1) is 10.6 Å². The number of hydrogen-bond donors (Lipinski definition) is 1. The van der Waals surface area contributed by atoms with E-state index in [2.05, 4.69) is 0 Å². The van der Waals surface area contributed by atoms with Gasteiger partial charge in [0.25, 0.3) is 0 Å². The molecule has 2 aromatic carbocycles. The molecule has 0 aliphatic carbocycles. The molecule has 2 rings (SSSR count). The molecule has 1 N–H and O–H groups in total. The van der Waals surface area contributed by atoms with Crippen molar-refractivity contribution in [3.05, 3.63) is 58.4 Å². The first-order chi connectivity index (χ1) is 8.49. The van der Waals surface area contributed by atoms with Gasteiger partial charge in [-0.1, -0.05) is 29.3 Å². The van der Waals surface area contributed by atoms with Crippen molar-refractivity contribution in [1.82, 2.24) is 0 Å². The minimum atomic E-state index is -1.10. The van der Waals surface area contributed by atoms with Crippen molar-refractivity contribution in [1.29, 1.82) is 0 Å². The van der Waals surface area contributed by atoms with Gasteiger partial charge in [0.2, 0.25) is 0 Å². The quantitative estimate of drug-likeness (QED) is 0.885. The summed E-state index contributed by atoms with van der Waals surface area (Å²) in [5.41, 5.74) is 1.90. The molecule has 0 amide bonds. The van der Waals surface area contributed by atoms with Gasteiger partial charge in [-0.05, 0) is 36.8 Å². The van der Waals surface area contributed by atoms with Crippen LogP contribution in [0.25, 0.3) is 11.1 Å². The lowest BCUT2D eigenvalue weighted by atomic mass is 10.0. The number of carboxylic acid groups (broad SMARTS) is 1. The van der Waals surface area contributed by atoms with E-state index in [4.69, 9.17) is 16.7 Å². The Kier molecular flexibility index (Phi) is 3.34. The fraction of sp³-hybridized carbons (Fsp3) is 0.0714. The van der Waals surface area contributed by atoms with Gasteiger partial charge < -0.3 is 5.11 Å². The molecule has 2 aromatic rings. The maximum Gasteiger partial charge on any atom is 0.337 e. The van der Waals surface area contributed by atoms with Crippen LogP contribution in [0, 0.1) is 12.7 Å². The van der Waals surface area contributed by atoms with E-state index in [1.54, 1.807) is 18.2 Å². The molecule has 0 radical (unpaired) electrons. The second-order valence-corrected chi connectivity index (χ2v) is 4.39. The van der Waals surface area contributed by atoms with Crippen molar-refractivity contribution in [2.75, 3.05) is 0 Å². The fourth-order valence-electron chi connectivity index (χ4n) is 1.72. The lowest BCUT2D eigenvalue weighted by molar-refractivity contribution is 0.0697. The maximum absolute atomic E-state index is 13.7. The highest BCUT2D eigenvalue weighted by atomic mass is 35.5. The van der Waals surface area contributed by atoms with Gasteiger partial charge in [-0.2, -0.15) is 0 Å². The third-order valence-electron chi connectivity index (χ3n) is 2.63. The zero-order chi connectivity index (χ0) is 13.3. The first-order valence-corrected chi connectivity index (χ1v) is 5.66. The Morgan fingerprint density at radius 3 is 2.56 bits per heavy atom. The Hall–Kier alpha value is -1.87. The third kappa shape index (κ3) is 2.36. The lowest BCUT2D eigenvalue weighted by Gasteiger charge is -2.07. The van der Waals surface area contributed by atoms with Gasteiger partial charge in [0, 0.05) is 5.56 Å². The number of halogens is 2. The van der Waals surface area contributed by atoms with Crippen molar-refractivity contribution in [3.63, 3.8) is 0 Å². The topological polar surface area (TPSA) is 37.3 Å². The molecule has 0 fully saturated rings. The molecule has 2 nitrogen and oxygen atoms in total. The first kappa shape index (κ1) is 12.6. The summed E-state index contributed by atoms with van der Waals surface area (Å²) >= 11 is 5.86. The number of hydrogen-bond acceptors (Lipinski definition) is 1. The SMILES string of the molecule is Cc1ccc(F)c(-c2ccc(C(=O)O)c(Cl)c2)c1. The molecule has 4 heteroatoms. The Morgan fingerprint density at radius 2 is 1.94 bits per heavy atom. The predicted octanol–water partition coefficient (Wildman–Crippen LogP) is 4.15. The maximum atomic E-state index is 13.7. The molecule has 92 valence electrons. The number of aromatic carboxylic acids is 1. The molecule has 0 bridgehead atoms. The average Bonchev–Trinajstić information content (AvgIpc) is 2.31. The zero-order valence-electron chi connectivity index (χ0n) is 9.58. The van der Waals surface area contributed by atoms with Crippen molar-refractivity contribution in [3.8, 4) is 11.1 Å². The van der Waals surface area contributed by atoms with Crippen molar-refractivity contribution in [2.24, 2.45) is 0 Å². The van der Waals surface area contributed by atoms with Crippen LogP contribution < -0.4 is 0 Å². The van der Waals surface area contributed by atoms with Crippen LogP contribution in [-0.4, -0.2) is 11.1 Å². The van der Waals surface area contributed by atoms with Crippen LogP contribution in [0.15, 0.2) is 36.4 Å². The summed E-state index contributed by atoms with van der Waals surface area (Å²) in [4.78, 5) is 10.8. The van der Waals surface area contributed by atoms with Gasteiger partial charge >= 0.3 is 5.97 Å². The number of carbonyl (C=O) groups is 1. The second kappa shape index (κ2) is 4.78. The second-order valence-electron chi connectivity index (χ2n) is 3.98. The lowest BCUT2D eigenvalue weighted by Crippen LogP contribution is -1.97. The molecule has 0 saturated carbocycles. The van der Waals surface area contributed by atoms with Crippen molar-refractivity contribution >= 4 is 17.6 Å². The minimum absolute atomic E-state index is 0.00785. The summed E-state index contributed by atoms with van der Waals surface area (Å²) in [5.74, 6) is -1.46. The predicted molar refractivity (Wildman–Crippen MR) is 68.5 cm³/mol. The Balaban J connectivity index is 2.55. The first-order valence-electron chi connectivity index (χ1n) is 5.28. The largest absolute Gasteiger partial charge is 0.478 e. The highest BCUT2D eigenvalue weighted by Crippen LogP contribution is 2.28. The summed E-state index contributed by atoms with van der Waals surface area (Å²) in [7, 11) is 0. The van der Waals surface area contributed by atoms with Gasteiger partial charge in [-0.3, -0.25) is 0 Å². The molecule has 0 aliphatic heterocycles. The van der Waals surface area contributed by atoms with E-state index >= 15 is 0 Å². The summed E-state index contributed by atoms with van der Waals surface area (Å²) in [6, 6.07) is 9.13. The Bertz CT molecular complexity index is 623. The molecule has 0 spiro atoms. The number of carboxylic acids is 1. The molecule has 0 saturated heterocycles. The van der Waals surface area contributed by atoms with E-state index in [0.29, 0.717) is 11.1 Å². The molecular formula is C14H10ClFO2. The van der Waals surface area contributed by atoms with Gasteiger partial charge in [0.1, 0.15) is 5.82 Å². The van der Waals surface area contributed by atoms with E-state index in [9.17, 15) is 9.18 Å². The van der Waals surface area contributed by atoms with E-state index < -0.39 is 5.97 Å². The highest BCUT2D eigenvalue weighted by Gasteiger charge is 2.11. The molecule has 0 atom stereocenters. The molecular weight excluding hydrogens is 255 g/mol. The molecule has 18 heavy (non-hydrogen) atoms. The molecule has 0 unspecified atom stereocenters. The summed E-state index contributed by atoms with van der Waals surface area (Å²) in [6.07, 6.45) is 0. The smallest absolute Gasteiger partial charge is 0.337 e. The Labute approximate surface area is 109 Å². The zero-order valence-corrected chi connectivity index (χ0v) is 10.3. The van der Waals surface area contributed by atoms with E-state index in [1.165, 1.54) is 18.2 Å². The van der Waals surface area contributed by atoms with Gasteiger partial charge in [0.15, 0.2) is 0 Å².